The lowest BCUT2D eigenvalue weighted by molar-refractivity contribution is 0.299. The Labute approximate surface area is 118 Å². The number of hydrogen-bond donors (Lipinski definition) is 1. The first-order valence-electron chi connectivity index (χ1n) is 6.37. The van der Waals surface area contributed by atoms with E-state index in [4.69, 9.17) is 21.4 Å². The Morgan fingerprint density at radius 3 is 2.74 bits per heavy atom. The van der Waals surface area contributed by atoms with Gasteiger partial charge in [-0.3, -0.25) is 0 Å². The Balaban J connectivity index is 2.39. The smallest absolute Gasteiger partial charge is 0.119 e. The molecule has 0 fully saturated rings. The van der Waals surface area contributed by atoms with Crippen LogP contribution in [0.25, 0.3) is 11.1 Å². The highest BCUT2D eigenvalue weighted by atomic mass is 35.5. The summed E-state index contributed by atoms with van der Waals surface area (Å²) in [6.07, 6.45) is 0.634. The van der Waals surface area contributed by atoms with Crippen LogP contribution < -0.4 is 4.74 Å². The second-order valence-electron chi connectivity index (χ2n) is 4.25. The van der Waals surface area contributed by atoms with Crippen LogP contribution in [0.4, 0.5) is 0 Å². The van der Waals surface area contributed by atoms with Crippen molar-refractivity contribution in [3.63, 3.8) is 0 Å². The fourth-order valence-electron chi connectivity index (χ4n) is 2.00. The van der Waals surface area contributed by atoms with Gasteiger partial charge >= 0.3 is 0 Å². The molecule has 3 heteroatoms. The lowest BCUT2D eigenvalue weighted by Gasteiger charge is -2.09. The van der Waals surface area contributed by atoms with E-state index in [9.17, 15) is 0 Å². The first-order chi connectivity index (χ1) is 9.24. The first kappa shape index (κ1) is 13.9. The minimum Gasteiger partial charge on any atom is -0.494 e. The maximum atomic E-state index is 9.01. The van der Waals surface area contributed by atoms with E-state index >= 15 is 0 Å². The van der Waals surface area contributed by atoms with Gasteiger partial charge in [-0.05, 0) is 48.7 Å². The van der Waals surface area contributed by atoms with Crippen LogP contribution in [0.1, 0.15) is 12.5 Å². The topological polar surface area (TPSA) is 29.5 Å². The van der Waals surface area contributed by atoms with Crippen LogP contribution in [0.15, 0.2) is 42.5 Å². The average Bonchev–Trinajstić information content (AvgIpc) is 2.42. The van der Waals surface area contributed by atoms with Crippen molar-refractivity contribution in [2.45, 2.75) is 13.3 Å². The molecule has 100 valence electrons. The fourth-order valence-corrected chi connectivity index (χ4v) is 2.22. The Morgan fingerprint density at radius 1 is 1.16 bits per heavy atom. The highest BCUT2D eigenvalue weighted by Crippen LogP contribution is 2.31. The molecule has 0 bridgehead atoms. The van der Waals surface area contributed by atoms with Gasteiger partial charge in [-0.25, -0.2) is 0 Å². The summed E-state index contributed by atoms with van der Waals surface area (Å²) in [7, 11) is 0. The lowest BCUT2D eigenvalue weighted by atomic mass is 10.0. The number of aliphatic hydroxyl groups excluding tert-OH is 1. The number of rotatable bonds is 5. The number of aliphatic hydroxyl groups is 1. The van der Waals surface area contributed by atoms with Crippen molar-refractivity contribution in [1.82, 2.24) is 0 Å². The molecule has 0 heterocycles. The van der Waals surface area contributed by atoms with Gasteiger partial charge in [-0.2, -0.15) is 0 Å². The molecule has 0 spiro atoms. The second-order valence-corrected chi connectivity index (χ2v) is 4.66. The molecule has 0 saturated heterocycles. The quantitative estimate of drug-likeness (QED) is 0.896. The summed E-state index contributed by atoms with van der Waals surface area (Å²) < 4.78 is 5.50. The van der Waals surface area contributed by atoms with Gasteiger partial charge < -0.3 is 9.84 Å². The Kier molecular flexibility index (Phi) is 4.83. The van der Waals surface area contributed by atoms with Crippen LogP contribution in [0, 0.1) is 0 Å². The molecular formula is C16H17ClO2. The van der Waals surface area contributed by atoms with Crippen LogP contribution in [-0.4, -0.2) is 18.3 Å². The molecule has 19 heavy (non-hydrogen) atoms. The van der Waals surface area contributed by atoms with Crippen LogP contribution in [0.5, 0.6) is 5.75 Å². The molecule has 0 aliphatic rings. The standard InChI is InChI=1S/C16H17ClO2/c1-2-19-14-5-3-4-13(11-14)15-10-12(8-9-18)6-7-16(15)17/h3-7,10-11,18H,2,8-9H2,1H3. The van der Waals surface area contributed by atoms with E-state index in [1.807, 2.05) is 49.4 Å². The Morgan fingerprint density at radius 2 is 2.00 bits per heavy atom. The fraction of sp³-hybridized carbons (Fsp3) is 0.250. The van der Waals surface area contributed by atoms with Gasteiger partial charge in [0, 0.05) is 17.2 Å². The van der Waals surface area contributed by atoms with E-state index in [0.717, 1.165) is 22.4 Å². The van der Waals surface area contributed by atoms with Crippen LogP contribution in [0.2, 0.25) is 5.02 Å². The van der Waals surface area contributed by atoms with Crippen molar-refractivity contribution in [2.24, 2.45) is 0 Å². The predicted molar refractivity (Wildman–Crippen MR) is 78.8 cm³/mol. The largest absolute Gasteiger partial charge is 0.494 e. The first-order valence-corrected chi connectivity index (χ1v) is 6.75. The zero-order chi connectivity index (χ0) is 13.7. The van der Waals surface area contributed by atoms with Gasteiger partial charge in [-0.15, -0.1) is 0 Å². The normalized spacial score (nSPS) is 10.5. The molecule has 0 aromatic heterocycles. The van der Waals surface area contributed by atoms with Gasteiger partial charge in [0.15, 0.2) is 0 Å². The van der Waals surface area contributed by atoms with Gasteiger partial charge in [-0.1, -0.05) is 29.8 Å². The van der Waals surface area contributed by atoms with E-state index in [1.54, 1.807) is 0 Å². The second kappa shape index (κ2) is 6.60. The predicted octanol–water partition coefficient (Wildman–Crippen LogP) is 3.94. The molecule has 0 aliphatic heterocycles. The molecule has 0 unspecified atom stereocenters. The molecular weight excluding hydrogens is 260 g/mol. The number of ether oxygens (including phenoxy) is 1. The van der Waals surface area contributed by atoms with Gasteiger partial charge in [0.1, 0.15) is 5.75 Å². The summed E-state index contributed by atoms with van der Waals surface area (Å²) >= 11 is 6.26. The van der Waals surface area contributed by atoms with Crippen LogP contribution in [-0.2, 0) is 6.42 Å². The van der Waals surface area contributed by atoms with Crippen molar-refractivity contribution < 1.29 is 9.84 Å². The van der Waals surface area contributed by atoms with Crippen molar-refractivity contribution in [3.05, 3.63) is 53.1 Å². The average molecular weight is 277 g/mol. The molecule has 2 nitrogen and oxygen atoms in total. The Bertz CT molecular complexity index is 552. The summed E-state index contributed by atoms with van der Waals surface area (Å²) in [5.41, 5.74) is 3.06. The third-order valence-electron chi connectivity index (χ3n) is 2.89. The minimum atomic E-state index is 0.139. The van der Waals surface area contributed by atoms with Gasteiger partial charge in [0.2, 0.25) is 0 Å². The van der Waals surface area contributed by atoms with E-state index in [-0.39, 0.29) is 6.61 Å². The molecule has 0 aliphatic carbocycles. The molecule has 1 N–H and O–H groups in total. The maximum Gasteiger partial charge on any atom is 0.119 e. The van der Waals surface area contributed by atoms with E-state index < -0.39 is 0 Å². The summed E-state index contributed by atoms with van der Waals surface area (Å²) in [6, 6.07) is 13.7. The molecule has 0 amide bonds. The summed E-state index contributed by atoms with van der Waals surface area (Å²) in [5, 5.41) is 9.72. The molecule has 0 atom stereocenters. The van der Waals surface area contributed by atoms with Crippen molar-refractivity contribution in [3.8, 4) is 16.9 Å². The maximum absolute atomic E-state index is 9.01. The van der Waals surface area contributed by atoms with Crippen molar-refractivity contribution >= 4 is 11.6 Å². The number of halogens is 1. The SMILES string of the molecule is CCOc1cccc(-c2cc(CCO)ccc2Cl)c1. The van der Waals surface area contributed by atoms with Crippen LogP contribution >= 0.6 is 11.6 Å². The lowest BCUT2D eigenvalue weighted by Crippen LogP contribution is -1.93. The summed E-state index contributed by atoms with van der Waals surface area (Å²) in [4.78, 5) is 0. The minimum absolute atomic E-state index is 0.139. The molecule has 0 saturated carbocycles. The van der Waals surface area contributed by atoms with Gasteiger partial charge in [0.25, 0.3) is 0 Å². The van der Waals surface area contributed by atoms with Crippen molar-refractivity contribution in [1.29, 1.82) is 0 Å². The molecule has 2 rings (SSSR count). The zero-order valence-electron chi connectivity index (χ0n) is 10.9. The van der Waals surface area contributed by atoms with E-state index in [1.165, 1.54) is 0 Å². The zero-order valence-corrected chi connectivity index (χ0v) is 11.7. The van der Waals surface area contributed by atoms with E-state index in [0.29, 0.717) is 18.1 Å². The summed E-state index contributed by atoms with van der Waals surface area (Å²) in [6.45, 7) is 2.74. The number of benzene rings is 2. The Hall–Kier alpha value is -1.51. The monoisotopic (exact) mass is 276 g/mol. The van der Waals surface area contributed by atoms with Gasteiger partial charge in [0.05, 0.1) is 6.61 Å². The molecule has 2 aromatic carbocycles. The van der Waals surface area contributed by atoms with E-state index in [2.05, 4.69) is 0 Å². The third-order valence-corrected chi connectivity index (χ3v) is 3.22. The highest BCUT2D eigenvalue weighted by molar-refractivity contribution is 6.33. The molecule has 0 radical (unpaired) electrons. The molecule has 2 aromatic rings. The third kappa shape index (κ3) is 3.49. The number of hydrogen-bond acceptors (Lipinski definition) is 2. The van der Waals surface area contributed by atoms with Crippen LogP contribution in [0.3, 0.4) is 0 Å². The highest BCUT2D eigenvalue weighted by Gasteiger charge is 2.06. The van der Waals surface area contributed by atoms with Crippen molar-refractivity contribution in [2.75, 3.05) is 13.2 Å². The summed E-state index contributed by atoms with van der Waals surface area (Å²) in [5.74, 6) is 0.837.